The molecule has 0 radical (unpaired) electrons. The zero-order chi connectivity index (χ0) is 18.1. The first kappa shape index (κ1) is 17.7. The molecule has 1 amide bonds. The second-order valence-electron chi connectivity index (χ2n) is 6.90. The maximum atomic E-state index is 12.7. The van der Waals surface area contributed by atoms with Crippen molar-refractivity contribution in [2.75, 3.05) is 11.9 Å². The SMILES string of the molecule is CCOc1ccc(NC(=O)C2=Cc3sc4c(c3CS2)CC[C@H](C)C4)cc1. The summed E-state index contributed by atoms with van der Waals surface area (Å²) in [5.74, 6) is 2.49. The summed E-state index contributed by atoms with van der Waals surface area (Å²) < 4.78 is 5.44. The van der Waals surface area contributed by atoms with E-state index in [4.69, 9.17) is 4.74 Å². The molecule has 1 atom stereocenters. The topological polar surface area (TPSA) is 38.3 Å². The molecule has 1 aromatic carbocycles. The Kier molecular flexibility index (Phi) is 5.09. The van der Waals surface area contributed by atoms with Crippen molar-refractivity contribution in [2.24, 2.45) is 5.92 Å². The highest BCUT2D eigenvalue weighted by molar-refractivity contribution is 8.03. The Balaban J connectivity index is 1.50. The van der Waals surface area contributed by atoms with E-state index < -0.39 is 0 Å². The van der Waals surface area contributed by atoms with Gasteiger partial charge in [-0.15, -0.1) is 23.1 Å². The average molecular weight is 386 g/mol. The summed E-state index contributed by atoms with van der Waals surface area (Å²) in [6, 6.07) is 7.53. The van der Waals surface area contributed by atoms with Crippen LogP contribution >= 0.6 is 23.1 Å². The van der Waals surface area contributed by atoms with E-state index in [0.29, 0.717) is 6.61 Å². The molecule has 1 aromatic heterocycles. The highest BCUT2D eigenvalue weighted by atomic mass is 32.2. The number of hydrogen-bond donors (Lipinski definition) is 1. The molecule has 0 bridgehead atoms. The number of fused-ring (bicyclic) bond motifs is 3. The molecule has 26 heavy (non-hydrogen) atoms. The van der Waals surface area contributed by atoms with Crippen LogP contribution in [-0.4, -0.2) is 12.5 Å². The third kappa shape index (κ3) is 3.55. The van der Waals surface area contributed by atoms with E-state index in [1.54, 1.807) is 22.2 Å². The van der Waals surface area contributed by atoms with Crippen LogP contribution in [0.15, 0.2) is 29.2 Å². The molecule has 0 saturated carbocycles. The monoisotopic (exact) mass is 385 g/mol. The molecule has 1 aliphatic carbocycles. The molecule has 3 nitrogen and oxygen atoms in total. The average Bonchev–Trinajstić information content (AvgIpc) is 3.00. The quantitative estimate of drug-likeness (QED) is 0.755. The van der Waals surface area contributed by atoms with Crippen molar-refractivity contribution in [3.8, 4) is 5.75 Å². The predicted octanol–water partition coefficient (Wildman–Crippen LogP) is 5.50. The number of rotatable bonds is 4. The van der Waals surface area contributed by atoms with Crippen LogP contribution in [0.4, 0.5) is 5.69 Å². The van der Waals surface area contributed by atoms with Crippen molar-refractivity contribution in [3.05, 3.63) is 50.1 Å². The van der Waals surface area contributed by atoms with Gasteiger partial charge in [0.2, 0.25) is 0 Å². The highest BCUT2D eigenvalue weighted by Gasteiger charge is 2.26. The van der Waals surface area contributed by atoms with E-state index in [9.17, 15) is 4.79 Å². The lowest BCUT2D eigenvalue weighted by atomic mass is 9.88. The van der Waals surface area contributed by atoms with Crippen molar-refractivity contribution in [2.45, 2.75) is 38.9 Å². The largest absolute Gasteiger partial charge is 0.494 e. The fourth-order valence-electron chi connectivity index (χ4n) is 3.55. The molecule has 136 valence electrons. The first-order valence-corrected chi connectivity index (χ1v) is 11.0. The Morgan fingerprint density at radius 2 is 2.08 bits per heavy atom. The highest BCUT2D eigenvalue weighted by Crippen LogP contribution is 2.43. The van der Waals surface area contributed by atoms with Crippen molar-refractivity contribution in [3.63, 3.8) is 0 Å². The lowest BCUT2D eigenvalue weighted by molar-refractivity contribution is -0.112. The van der Waals surface area contributed by atoms with E-state index in [2.05, 4.69) is 18.3 Å². The van der Waals surface area contributed by atoms with E-state index in [-0.39, 0.29) is 5.91 Å². The molecule has 2 aromatic rings. The number of carbonyl (C=O) groups excluding carboxylic acids is 1. The summed E-state index contributed by atoms with van der Waals surface area (Å²) in [6.07, 6.45) is 5.76. The summed E-state index contributed by atoms with van der Waals surface area (Å²) in [4.78, 5) is 16.3. The summed E-state index contributed by atoms with van der Waals surface area (Å²) in [7, 11) is 0. The lowest BCUT2D eigenvalue weighted by Gasteiger charge is -2.20. The number of ether oxygens (including phenoxy) is 1. The Hall–Kier alpha value is -1.72. The van der Waals surface area contributed by atoms with Gasteiger partial charge in [0.15, 0.2) is 0 Å². The third-order valence-electron chi connectivity index (χ3n) is 4.93. The van der Waals surface area contributed by atoms with Gasteiger partial charge >= 0.3 is 0 Å². The molecule has 2 aliphatic rings. The number of anilines is 1. The Bertz CT molecular complexity index is 852. The van der Waals surface area contributed by atoms with Crippen molar-refractivity contribution >= 4 is 40.8 Å². The predicted molar refractivity (Wildman–Crippen MR) is 111 cm³/mol. The minimum absolute atomic E-state index is 0.0236. The molecular formula is C21H23NO2S2. The molecule has 0 fully saturated rings. The van der Waals surface area contributed by atoms with Crippen LogP contribution in [0.3, 0.4) is 0 Å². The van der Waals surface area contributed by atoms with Crippen LogP contribution in [0.5, 0.6) is 5.75 Å². The minimum Gasteiger partial charge on any atom is -0.494 e. The number of thiophene rings is 1. The summed E-state index contributed by atoms with van der Waals surface area (Å²) in [5, 5.41) is 3.00. The fraction of sp³-hybridized carbons (Fsp3) is 0.381. The fourth-order valence-corrected chi connectivity index (χ4v) is 6.20. The smallest absolute Gasteiger partial charge is 0.262 e. The van der Waals surface area contributed by atoms with Gasteiger partial charge in [0.1, 0.15) is 5.75 Å². The van der Waals surface area contributed by atoms with E-state index in [1.807, 2.05) is 42.5 Å². The maximum Gasteiger partial charge on any atom is 0.262 e. The summed E-state index contributed by atoms with van der Waals surface area (Å²) in [5.41, 5.74) is 3.84. The standard InChI is InChI=1S/C21H23NO2S2/c1-3-24-15-7-5-14(6-8-15)22-21(23)20-11-19-17(12-25-20)16-9-4-13(2)10-18(16)26-19/h5-8,11,13H,3-4,9-10,12H2,1-2H3,(H,22,23)/t13-/m0/s1. The van der Waals surface area contributed by atoms with Crippen molar-refractivity contribution in [1.82, 2.24) is 0 Å². The molecule has 1 aliphatic heterocycles. The number of amides is 1. The molecule has 5 heteroatoms. The van der Waals surface area contributed by atoms with Gasteiger partial charge in [-0.05, 0) is 73.6 Å². The number of thioether (sulfide) groups is 1. The van der Waals surface area contributed by atoms with Crippen LogP contribution in [0.1, 0.15) is 41.1 Å². The summed E-state index contributed by atoms with van der Waals surface area (Å²) in [6.45, 7) is 4.93. The number of benzene rings is 1. The second kappa shape index (κ2) is 7.49. The maximum absolute atomic E-state index is 12.7. The van der Waals surface area contributed by atoms with Gasteiger partial charge < -0.3 is 10.1 Å². The molecule has 0 unspecified atom stereocenters. The van der Waals surface area contributed by atoms with Crippen molar-refractivity contribution in [1.29, 1.82) is 0 Å². The van der Waals surface area contributed by atoms with Gasteiger partial charge in [-0.3, -0.25) is 4.79 Å². The van der Waals surface area contributed by atoms with Crippen molar-refractivity contribution < 1.29 is 9.53 Å². The molecule has 2 heterocycles. The van der Waals surface area contributed by atoms with E-state index in [0.717, 1.165) is 28.0 Å². The second-order valence-corrected chi connectivity index (χ2v) is 9.06. The zero-order valence-corrected chi connectivity index (χ0v) is 16.8. The lowest BCUT2D eigenvalue weighted by Crippen LogP contribution is -2.14. The van der Waals surface area contributed by atoms with Crippen LogP contribution in [0.25, 0.3) is 6.08 Å². The van der Waals surface area contributed by atoms with Gasteiger partial charge in [-0.25, -0.2) is 0 Å². The third-order valence-corrected chi connectivity index (χ3v) is 7.22. The number of hydrogen-bond acceptors (Lipinski definition) is 4. The van der Waals surface area contributed by atoms with Crippen LogP contribution in [0.2, 0.25) is 0 Å². The van der Waals surface area contributed by atoms with Gasteiger partial charge in [0.25, 0.3) is 5.91 Å². The van der Waals surface area contributed by atoms with Crippen LogP contribution in [0, 0.1) is 5.92 Å². The van der Waals surface area contributed by atoms with Gasteiger partial charge in [0.05, 0.1) is 11.5 Å². The number of carbonyl (C=O) groups is 1. The number of nitrogens with one attached hydrogen (secondary N) is 1. The van der Waals surface area contributed by atoms with E-state index in [1.165, 1.54) is 29.7 Å². The van der Waals surface area contributed by atoms with Gasteiger partial charge in [-0.1, -0.05) is 6.92 Å². The molecular weight excluding hydrogens is 362 g/mol. The van der Waals surface area contributed by atoms with Crippen LogP contribution < -0.4 is 10.1 Å². The Morgan fingerprint density at radius 3 is 2.85 bits per heavy atom. The Labute approximate surface area is 162 Å². The first-order chi connectivity index (χ1) is 12.6. The molecule has 0 saturated heterocycles. The molecule has 0 spiro atoms. The molecule has 1 N–H and O–H groups in total. The summed E-state index contributed by atoms with van der Waals surface area (Å²) >= 11 is 3.54. The zero-order valence-electron chi connectivity index (χ0n) is 15.1. The van der Waals surface area contributed by atoms with Gasteiger partial charge in [-0.2, -0.15) is 0 Å². The van der Waals surface area contributed by atoms with Crippen LogP contribution in [-0.2, 0) is 23.4 Å². The molecule has 4 rings (SSSR count). The van der Waals surface area contributed by atoms with Gasteiger partial charge in [0, 0.05) is 21.2 Å². The normalized spacial score (nSPS) is 18.5. The first-order valence-electron chi connectivity index (χ1n) is 9.16. The minimum atomic E-state index is -0.0236. The Morgan fingerprint density at radius 1 is 1.27 bits per heavy atom. The van der Waals surface area contributed by atoms with E-state index >= 15 is 0 Å².